The molecule has 4 nitrogen and oxygen atoms in total. The van der Waals surface area contributed by atoms with Gasteiger partial charge in [-0.25, -0.2) is 0 Å². The summed E-state index contributed by atoms with van der Waals surface area (Å²) in [5.74, 6) is 0.153. The van der Waals surface area contributed by atoms with Gasteiger partial charge in [0, 0.05) is 24.1 Å². The van der Waals surface area contributed by atoms with Gasteiger partial charge in [-0.3, -0.25) is 9.59 Å². The van der Waals surface area contributed by atoms with E-state index in [2.05, 4.69) is 4.74 Å². The monoisotopic (exact) mass is 265 g/mol. The first-order valence-corrected chi connectivity index (χ1v) is 6.71. The van der Waals surface area contributed by atoms with Crippen LogP contribution >= 0.6 is 11.8 Å². The van der Waals surface area contributed by atoms with Crippen molar-refractivity contribution < 1.29 is 14.3 Å². The summed E-state index contributed by atoms with van der Waals surface area (Å²) in [6.45, 7) is 2.32. The molecule has 1 aliphatic heterocycles. The number of carbonyl (C=O) groups excluding carboxylic acids is 2. The molecular weight excluding hydrogens is 250 g/mol. The zero-order valence-electron chi connectivity index (χ0n) is 10.4. The Morgan fingerprint density at radius 1 is 1.44 bits per heavy atom. The van der Waals surface area contributed by atoms with Crippen LogP contribution in [-0.2, 0) is 20.7 Å². The van der Waals surface area contributed by atoms with Crippen LogP contribution < -0.4 is 4.90 Å². The second-order valence-electron chi connectivity index (χ2n) is 4.08. The molecule has 5 heteroatoms. The van der Waals surface area contributed by atoms with Crippen molar-refractivity contribution in [3.8, 4) is 0 Å². The third-order valence-electron chi connectivity index (χ3n) is 2.91. The lowest BCUT2D eigenvalue weighted by Crippen LogP contribution is -2.25. The smallest absolute Gasteiger partial charge is 0.315 e. The summed E-state index contributed by atoms with van der Waals surface area (Å²) in [6, 6.07) is 5.93. The van der Waals surface area contributed by atoms with Crippen LogP contribution in [0.25, 0.3) is 0 Å². The fourth-order valence-electron chi connectivity index (χ4n) is 2.00. The van der Waals surface area contributed by atoms with E-state index in [0.29, 0.717) is 5.75 Å². The average molecular weight is 265 g/mol. The fourth-order valence-corrected chi connectivity index (χ4v) is 2.79. The largest absolute Gasteiger partial charge is 0.468 e. The minimum atomic E-state index is -0.231. The number of hydrogen-bond donors (Lipinski definition) is 0. The Hall–Kier alpha value is -1.49. The summed E-state index contributed by atoms with van der Waals surface area (Å²) in [4.78, 5) is 25.3. The maximum absolute atomic E-state index is 11.4. The Bertz CT molecular complexity index is 487. The summed E-state index contributed by atoms with van der Waals surface area (Å²) in [5.41, 5.74) is 2.16. The minimum absolute atomic E-state index is 0.0729. The first-order valence-electron chi connectivity index (χ1n) is 5.72. The maximum atomic E-state index is 11.4. The van der Waals surface area contributed by atoms with Crippen molar-refractivity contribution in [1.82, 2.24) is 0 Å². The average Bonchev–Trinajstić information content (AvgIpc) is 2.78. The standard InChI is InChI=1S/C13H15NO3S/c1-9(15)14-6-5-10-7-11(3-4-12(10)14)18-8-13(16)17-2/h3-4,7H,5-6,8H2,1-2H3. The number of benzene rings is 1. The fraction of sp³-hybridized carbons (Fsp3) is 0.385. The number of esters is 1. The Labute approximate surface area is 110 Å². The predicted molar refractivity (Wildman–Crippen MR) is 70.9 cm³/mol. The van der Waals surface area contributed by atoms with E-state index >= 15 is 0 Å². The van der Waals surface area contributed by atoms with E-state index in [1.54, 1.807) is 11.8 Å². The first-order chi connectivity index (χ1) is 8.61. The molecule has 0 aromatic heterocycles. The summed E-state index contributed by atoms with van der Waals surface area (Å²) < 4.78 is 4.60. The lowest BCUT2D eigenvalue weighted by molar-refractivity contribution is -0.137. The first kappa shape index (κ1) is 13.0. The number of nitrogens with zero attached hydrogens (tertiary/aromatic N) is 1. The third-order valence-corrected chi connectivity index (χ3v) is 3.88. The van der Waals surface area contributed by atoms with E-state index in [1.807, 2.05) is 18.2 Å². The highest BCUT2D eigenvalue weighted by molar-refractivity contribution is 8.00. The van der Waals surface area contributed by atoms with Gasteiger partial charge in [0.05, 0.1) is 12.9 Å². The third kappa shape index (κ3) is 2.67. The van der Waals surface area contributed by atoms with Gasteiger partial charge in [0.25, 0.3) is 0 Å². The van der Waals surface area contributed by atoms with Crippen LogP contribution in [0.4, 0.5) is 5.69 Å². The molecule has 0 atom stereocenters. The number of methoxy groups -OCH3 is 1. The summed E-state index contributed by atoms with van der Waals surface area (Å²) >= 11 is 1.45. The summed E-state index contributed by atoms with van der Waals surface area (Å²) in [6.07, 6.45) is 0.877. The topological polar surface area (TPSA) is 46.6 Å². The molecule has 1 heterocycles. The molecule has 1 aliphatic rings. The Balaban J connectivity index is 2.10. The molecule has 2 rings (SSSR count). The number of hydrogen-bond acceptors (Lipinski definition) is 4. The van der Waals surface area contributed by atoms with E-state index in [-0.39, 0.29) is 11.9 Å². The van der Waals surface area contributed by atoms with E-state index in [4.69, 9.17) is 0 Å². The van der Waals surface area contributed by atoms with Gasteiger partial charge < -0.3 is 9.64 Å². The van der Waals surface area contributed by atoms with Crippen LogP contribution in [0.1, 0.15) is 12.5 Å². The van der Waals surface area contributed by atoms with Gasteiger partial charge in [0.15, 0.2) is 0 Å². The van der Waals surface area contributed by atoms with Crippen LogP contribution in [0.5, 0.6) is 0 Å². The van der Waals surface area contributed by atoms with Gasteiger partial charge in [-0.1, -0.05) is 0 Å². The molecule has 0 saturated heterocycles. The number of rotatable bonds is 3. The molecule has 1 amide bonds. The van der Waals surface area contributed by atoms with Crippen LogP contribution in [-0.4, -0.2) is 31.3 Å². The van der Waals surface area contributed by atoms with Crippen molar-refractivity contribution in [1.29, 1.82) is 0 Å². The van der Waals surface area contributed by atoms with Crippen molar-refractivity contribution in [2.75, 3.05) is 24.3 Å². The normalized spacial score (nSPS) is 13.3. The number of anilines is 1. The quantitative estimate of drug-likeness (QED) is 0.618. The van der Waals surface area contributed by atoms with Crippen molar-refractivity contribution in [2.45, 2.75) is 18.2 Å². The van der Waals surface area contributed by atoms with Crippen molar-refractivity contribution in [3.05, 3.63) is 23.8 Å². The Morgan fingerprint density at radius 3 is 2.89 bits per heavy atom. The lowest BCUT2D eigenvalue weighted by atomic mass is 10.2. The second kappa shape index (κ2) is 5.44. The molecule has 0 N–H and O–H groups in total. The van der Waals surface area contributed by atoms with Gasteiger partial charge in [-0.15, -0.1) is 11.8 Å². The molecule has 1 aromatic carbocycles. The molecule has 0 fully saturated rings. The van der Waals surface area contributed by atoms with Gasteiger partial charge in [-0.2, -0.15) is 0 Å². The van der Waals surface area contributed by atoms with Gasteiger partial charge >= 0.3 is 5.97 Å². The maximum Gasteiger partial charge on any atom is 0.315 e. The number of carbonyl (C=O) groups is 2. The van der Waals surface area contributed by atoms with Crippen molar-refractivity contribution in [3.63, 3.8) is 0 Å². The molecule has 0 spiro atoms. The molecule has 0 unspecified atom stereocenters. The molecule has 0 aliphatic carbocycles. The van der Waals surface area contributed by atoms with Crippen LogP contribution in [0.15, 0.2) is 23.1 Å². The van der Waals surface area contributed by atoms with Crippen LogP contribution in [0.3, 0.4) is 0 Å². The predicted octanol–water partition coefficient (Wildman–Crippen LogP) is 1.86. The minimum Gasteiger partial charge on any atom is -0.468 e. The molecule has 0 saturated carbocycles. The van der Waals surface area contributed by atoms with Crippen molar-refractivity contribution >= 4 is 29.3 Å². The second-order valence-corrected chi connectivity index (χ2v) is 5.12. The molecule has 0 bridgehead atoms. The Kier molecular flexibility index (Phi) is 3.91. The molecule has 0 radical (unpaired) electrons. The molecule has 96 valence electrons. The highest BCUT2D eigenvalue weighted by Crippen LogP contribution is 2.32. The zero-order valence-corrected chi connectivity index (χ0v) is 11.3. The molecule has 1 aromatic rings. The number of ether oxygens (including phenoxy) is 1. The van der Waals surface area contributed by atoms with E-state index in [9.17, 15) is 9.59 Å². The molecular formula is C13H15NO3S. The number of amides is 1. The van der Waals surface area contributed by atoms with Gasteiger partial charge in [0.1, 0.15) is 0 Å². The Morgan fingerprint density at radius 2 is 2.22 bits per heavy atom. The van der Waals surface area contributed by atoms with Crippen LogP contribution in [0, 0.1) is 0 Å². The summed E-state index contributed by atoms with van der Waals surface area (Å²) in [5, 5.41) is 0. The highest BCUT2D eigenvalue weighted by atomic mass is 32.2. The number of thioether (sulfide) groups is 1. The van der Waals surface area contributed by atoms with Gasteiger partial charge in [-0.05, 0) is 30.2 Å². The summed E-state index contributed by atoms with van der Waals surface area (Å²) in [7, 11) is 1.39. The highest BCUT2D eigenvalue weighted by Gasteiger charge is 2.22. The lowest BCUT2D eigenvalue weighted by Gasteiger charge is -2.14. The molecule has 18 heavy (non-hydrogen) atoms. The van der Waals surface area contributed by atoms with Crippen molar-refractivity contribution in [2.24, 2.45) is 0 Å². The van der Waals surface area contributed by atoms with E-state index in [0.717, 1.165) is 23.5 Å². The van der Waals surface area contributed by atoms with E-state index < -0.39 is 0 Å². The van der Waals surface area contributed by atoms with E-state index in [1.165, 1.54) is 24.4 Å². The van der Waals surface area contributed by atoms with Crippen LogP contribution in [0.2, 0.25) is 0 Å². The SMILES string of the molecule is COC(=O)CSc1ccc2c(c1)CCN2C(C)=O. The number of fused-ring (bicyclic) bond motifs is 1. The zero-order chi connectivity index (χ0) is 13.1. The van der Waals surface area contributed by atoms with Gasteiger partial charge in [0.2, 0.25) is 5.91 Å².